The molecule has 1 saturated heterocycles. The van der Waals surface area contributed by atoms with E-state index in [2.05, 4.69) is 49.9 Å². The van der Waals surface area contributed by atoms with Crippen LogP contribution in [-0.2, 0) is 12.0 Å². The van der Waals surface area contributed by atoms with E-state index in [1.54, 1.807) is 0 Å². The van der Waals surface area contributed by atoms with Crippen molar-refractivity contribution in [3.8, 4) is 0 Å². The first-order valence-corrected chi connectivity index (χ1v) is 6.80. The van der Waals surface area contributed by atoms with Crippen LogP contribution < -0.4 is 17.0 Å². The van der Waals surface area contributed by atoms with Gasteiger partial charge in [-0.2, -0.15) is 29.8 Å². The summed E-state index contributed by atoms with van der Waals surface area (Å²) < 4.78 is 0. The van der Waals surface area contributed by atoms with Crippen molar-refractivity contribution in [1.29, 1.82) is 0 Å². The van der Waals surface area contributed by atoms with Gasteiger partial charge in [0.25, 0.3) is 0 Å². The molecule has 1 aromatic carbocycles. The molecule has 0 bridgehead atoms. The molecule has 0 aromatic heterocycles. The van der Waals surface area contributed by atoms with Gasteiger partial charge >= 0.3 is 23.1 Å². The fourth-order valence-electron chi connectivity index (χ4n) is 2.40. The standard InChI is InChI=1S/C16H24N.BrH.Mg/c1-16(2,3)15-9-7-8-14(12-15)13-17-10-5-4-6-11-17;;/h7-9H,4-6,10-11,13H2,1-3H3;1H;/q-1;;+2/p-1. The minimum Gasteiger partial charge on any atom is -1.00 e. The Hall–Kier alpha value is 0.426. The fraction of sp³-hybridized carbons (Fsp3) is 0.625. The molecule has 19 heavy (non-hydrogen) atoms. The maximum absolute atomic E-state index is 3.59. The molecule has 0 unspecified atom stereocenters. The Bertz CT molecular complexity index is 367. The van der Waals surface area contributed by atoms with Crippen molar-refractivity contribution in [3.63, 3.8) is 0 Å². The molecule has 0 amide bonds. The summed E-state index contributed by atoms with van der Waals surface area (Å²) in [6.45, 7) is 10.3. The van der Waals surface area contributed by atoms with Crippen LogP contribution >= 0.6 is 0 Å². The van der Waals surface area contributed by atoms with E-state index in [0.29, 0.717) is 0 Å². The van der Waals surface area contributed by atoms with Crippen molar-refractivity contribution in [2.75, 3.05) is 13.1 Å². The molecule has 0 atom stereocenters. The van der Waals surface area contributed by atoms with Crippen molar-refractivity contribution in [3.05, 3.63) is 35.4 Å². The number of halogens is 1. The maximum atomic E-state index is 3.59. The van der Waals surface area contributed by atoms with E-state index < -0.39 is 0 Å². The van der Waals surface area contributed by atoms with Crippen molar-refractivity contribution in [2.45, 2.75) is 52.0 Å². The van der Waals surface area contributed by atoms with Crippen LogP contribution in [0, 0.1) is 6.07 Å². The summed E-state index contributed by atoms with van der Waals surface area (Å²) in [6, 6.07) is 10.2. The minimum absolute atomic E-state index is 0. The van der Waals surface area contributed by atoms with Crippen molar-refractivity contribution in [2.24, 2.45) is 0 Å². The Labute approximate surface area is 145 Å². The van der Waals surface area contributed by atoms with E-state index in [4.69, 9.17) is 0 Å². The van der Waals surface area contributed by atoms with E-state index in [1.807, 2.05) is 0 Å². The number of benzene rings is 1. The second kappa shape index (κ2) is 8.66. The number of likely N-dealkylation sites (tertiary alicyclic amines) is 1. The Morgan fingerprint density at radius 1 is 1.11 bits per heavy atom. The van der Waals surface area contributed by atoms with Crippen LogP contribution in [0.3, 0.4) is 0 Å². The van der Waals surface area contributed by atoms with Gasteiger partial charge in [0.2, 0.25) is 0 Å². The third-order valence-electron chi connectivity index (χ3n) is 3.51. The molecule has 102 valence electrons. The minimum atomic E-state index is 0. The Kier molecular flexibility index (Phi) is 8.85. The van der Waals surface area contributed by atoms with Gasteiger partial charge in [-0.15, -0.1) is 5.56 Å². The first-order valence-electron chi connectivity index (χ1n) is 6.80. The number of piperidine rings is 1. The molecule has 0 N–H and O–H groups in total. The summed E-state index contributed by atoms with van der Waals surface area (Å²) in [5.74, 6) is 0. The molecular formula is C16H24BrMgN. The molecule has 0 spiro atoms. The normalized spacial score (nSPS) is 16.4. The van der Waals surface area contributed by atoms with Gasteiger partial charge in [-0.3, -0.25) is 0 Å². The average molecular weight is 335 g/mol. The number of hydrogen-bond acceptors (Lipinski definition) is 1. The topological polar surface area (TPSA) is 3.24 Å². The molecular weight excluding hydrogens is 310 g/mol. The van der Waals surface area contributed by atoms with Crippen LogP contribution in [0.25, 0.3) is 0 Å². The molecule has 0 aliphatic carbocycles. The van der Waals surface area contributed by atoms with Gasteiger partial charge in [-0.05, 0) is 31.3 Å². The Balaban J connectivity index is 0.00000162. The summed E-state index contributed by atoms with van der Waals surface area (Å²) in [5, 5.41) is 0. The van der Waals surface area contributed by atoms with Gasteiger partial charge < -0.3 is 21.9 Å². The molecule has 0 saturated carbocycles. The zero-order valence-electron chi connectivity index (χ0n) is 12.5. The third kappa shape index (κ3) is 6.15. The van der Waals surface area contributed by atoms with Gasteiger partial charge in [0, 0.05) is 6.54 Å². The van der Waals surface area contributed by atoms with Crippen LogP contribution in [0.15, 0.2) is 18.2 Å². The van der Waals surface area contributed by atoms with Gasteiger partial charge in [-0.1, -0.05) is 27.2 Å². The molecule has 1 aliphatic heterocycles. The van der Waals surface area contributed by atoms with E-state index in [1.165, 1.54) is 43.5 Å². The summed E-state index contributed by atoms with van der Waals surface area (Å²) in [5.41, 5.74) is 2.88. The van der Waals surface area contributed by atoms with Crippen molar-refractivity contribution >= 4 is 23.1 Å². The van der Waals surface area contributed by atoms with Crippen LogP contribution in [-0.4, -0.2) is 41.0 Å². The summed E-state index contributed by atoms with van der Waals surface area (Å²) >= 11 is 0. The zero-order valence-corrected chi connectivity index (χ0v) is 15.5. The number of rotatable bonds is 2. The largest absolute Gasteiger partial charge is 2.00 e. The van der Waals surface area contributed by atoms with Gasteiger partial charge in [0.05, 0.1) is 0 Å². The number of hydrogen-bond donors (Lipinski definition) is 0. The van der Waals surface area contributed by atoms with Crippen molar-refractivity contribution in [1.82, 2.24) is 4.90 Å². The molecule has 3 heteroatoms. The smallest absolute Gasteiger partial charge is 1.00 e. The van der Waals surface area contributed by atoms with Crippen LogP contribution in [0.1, 0.15) is 51.2 Å². The Morgan fingerprint density at radius 2 is 1.74 bits per heavy atom. The average Bonchev–Trinajstić information content (AvgIpc) is 2.29. The molecule has 1 nitrogen and oxygen atoms in total. The van der Waals surface area contributed by atoms with Crippen LogP contribution in [0.5, 0.6) is 0 Å². The second-order valence-electron chi connectivity index (χ2n) is 6.18. The predicted octanol–water partition coefficient (Wildman–Crippen LogP) is 0.393. The van der Waals surface area contributed by atoms with E-state index in [-0.39, 0.29) is 45.4 Å². The van der Waals surface area contributed by atoms with Gasteiger partial charge in [0.15, 0.2) is 0 Å². The number of nitrogens with zero attached hydrogens (tertiary/aromatic N) is 1. The molecule has 2 rings (SSSR count). The SMILES string of the molecule is CC(C)(C)c1[c-]c(CN2CCCCC2)ccc1.[Br-].[Mg+2]. The summed E-state index contributed by atoms with van der Waals surface area (Å²) in [6.07, 6.45) is 4.13. The first kappa shape index (κ1) is 19.4. The van der Waals surface area contributed by atoms with Crippen molar-refractivity contribution < 1.29 is 17.0 Å². The first-order chi connectivity index (χ1) is 8.05. The molecule has 1 heterocycles. The summed E-state index contributed by atoms with van der Waals surface area (Å²) in [7, 11) is 0. The van der Waals surface area contributed by atoms with Gasteiger partial charge in [-0.25, -0.2) is 0 Å². The molecule has 1 fully saturated rings. The predicted molar refractivity (Wildman–Crippen MR) is 78.9 cm³/mol. The quantitative estimate of drug-likeness (QED) is 0.559. The molecule has 1 aliphatic rings. The van der Waals surface area contributed by atoms with E-state index >= 15 is 0 Å². The van der Waals surface area contributed by atoms with Crippen LogP contribution in [0.4, 0.5) is 0 Å². The maximum Gasteiger partial charge on any atom is 2.00 e. The molecule has 1 aromatic rings. The second-order valence-corrected chi connectivity index (χ2v) is 6.18. The van der Waals surface area contributed by atoms with Gasteiger partial charge in [0.1, 0.15) is 0 Å². The monoisotopic (exact) mass is 333 g/mol. The zero-order chi connectivity index (χ0) is 12.3. The van der Waals surface area contributed by atoms with E-state index in [9.17, 15) is 0 Å². The summed E-state index contributed by atoms with van der Waals surface area (Å²) in [4.78, 5) is 2.56. The fourth-order valence-corrected chi connectivity index (χ4v) is 2.40. The van der Waals surface area contributed by atoms with Crippen LogP contribution in [0.2, 0.25) is 0 Å². The third-order valence-corrected chi connectivity index (χ3v) is 3.51. The molecule has 0 radical (unpaired) electrons. The Morgan fingerprint density at radius 3 is 2.32 bits per heavy atom. The van der Waals surface area contributed by atoms with E-state index in [0.717, 1.165) is 6.54 Å².